The first-order valence-electron chi connectivity index (χ1n) is 8.47. The number of anilines is 1. The minimum absolute atomic E-state index is 0. The van der Waals surface area contributed by atoms with Crippen molar-refractivity contribution in [3.63, 3.8) is 0 Å². The summed E-state index contributed by atoms with van der Waals surface area (Å²) in [6, 6.07) is 3.32. The van der Waals surface area contributed by atoms with Gasteiger partial charge in [0.2, 0.25) is 16.0 Å². The second-order valence-corrected chi connectivity index (χ2v) is 8.54. The lowest BCUT2D eigenvalue weighted by atomic mass is 10.1. The average Bonchev–Trinajstić information content (AvgIpc) is 2.55. The Labute approximate surface area is 152 Å². The van der Waals surface area contributed by atoms with Crippen LogP contribution in [0, 0.1) is 0 Å². The van der Waals surface area contributed by atoms with Gasteiger partial charge in [-0.1, -0.05) is 0 Å². The summed E-state index contributed by atoms with van der Waals surface area (Å²) in [6.45, 7) is 0.957. The number of pyridine rings is 1. The van der Waals surface area contributed by atoms with Crippen LogP contribution in [0.4, 0.5) is 5.95 Å². The fourth-order valence-corrected chi connectivity index (χ4v) is 4.09. The van der Waals surface area contributed by atoms with Crippen LogP contribution in [0.25, 0.3) is 16.7 Å². The third-order valence-electron chi connectivity index (χ3n) is 4.72. The summed E-state index contributed by atoms with van der Waals surface area (Å²) in [6.07, 6.45) is 6.85. The maximum absolute atomic E-state index is 12.2. The van der Waals surface area contributed by atoms with Gasteiger partial charge in [-0.25, -0.2) is 17.7 Å². The lowest BCUT2D eigenvalue weighted by molar-refractivity contribution is 0.331. The molecular formula is C17H21N5O3S. The monoisotopic (exact) mass is 375 g/mol. The predicted octanol–water partition coefficient (Wildman–Crippen LogP) is 1.27. The minimum Gasteiger partial charge on any atom is -0.351 e. The zero-order chi connectivity index (χ0) is 18.3. The number of aromatic nitrogens is 3. The van der Waals surface area contributed by atoms with E-state index in [1.54, 1.807) is 16.8 Å². The normalized spacial score (nSPS) is 18.6. The van der Waals surface area contributed by atoms with Crippen LogP contribution in [0.15, 0.2) is 34.9 Å². The largest absolute Gasteiger partial charge is 0.351 e. The Morgan fingerprint density at radius 1 is 1.31 bits per heavy atom. The average molecular weight is 375 g/mol. The molecule has 1 aliphatic carbocycles. The zero-order valence-corrected chi connectivity index (χ0v) is 15.2. The van der Waals surface area contributed by atoms with Crippen LogP contribution in [-0.2, 0) is 10.0 Å². The van der Waals surface area contributed by atoms with Gasteiger partial charge in [0, 0.05) is 44.6 Å². The number of piperidine rings is 1. The Kier molecular flexibility index (Phi) is 4.14. The van der Waals surface area contributed by atoms with E-state index in [-0.39, 0.29) is 13.0 Å². The maximum Gasteiger partial charge on any atom is 0.257 e. The summed E-state index contributed by atoms with van der Waals surface area (Å²) in [5, 5.41) is 4.05. The second-order valence-electron chi connectivity index (χ2n) is 6.56. The van der Waals surface area contributed by atoms with Gasteiger partial charge in [-0.05, 0) is 25.0 Å². The van der Waals surface area contributed by atoms with E-state index in [1.165, 1.54) is 16.6 Å². The first kappa shape index (κ1) is 17.0. The van der Waals surface area contributed by atoms with E-state index in [0.717, 1.165) is 11.1 Å². The van der Waals surface area contributed by atoms with Crippen molar-refractivity contribution in [3.05, 3.63) is 40.5 Å². The summed E-state index contributed by atoms with van der Waals surface area (Å²) in [4.78, 5) is 21.1. The van der Waals surface area contributed by atoms with E-state index in [4.69, 9.17) is 0 Å². The van der Waals surface area contributed by atoms with Crippen molar-refractivity contribution in [3.8, 4) is 0 Å². The standard InChI is InChI=1S/C17H19N5O3S.H2/c1-26(24,25)21-9-7-13(8-10-21)19-17-18-11-12-5-6-15(23)22(16(12)20-17)14-3-2-4-14;/h2,5-6,11,13H,3,7-10H2,1H3,(H,18,19,20);1H. The van der Waals surface area contributed by atoms with Crippen LogP contribution >= 0.6 is 0 Å². The highest BCUT2D eigenvalue weighted by Gasteiger charge is 2.25. The quantitative estimate of drug-likeness (QED) is 0.809. The van der Waals surface area contributed by atoms with Gasteiger partial charge in [-0.2, -0.15) is 4.98 Å². The molecule has 2 aliphatic rings. The molecule has 0 unspecified atom stereocenters. The molecule has 2 aromatic heterocycles. The summed E-state index contributed by atoms with van der Waals surface area (Å²) >= 11 is 0. The fourth-order valence-electron chi connectivity index (χ4n) is 3.21. The minimum atomic E-state index is -3.14. The van der Waals surface area contributed by atoms with Crippen molar-refractivity contribution in [2.75, 3.05) is 24.7 Å². The van der Waals surface area contributed by atoms with Crippen molar-refractivity contribution in [1.29, 1.82) is 0 Å². The number of hydrogen-bond donors (Lipinski definition) is 1. The van der Waals surface area contributed by atoms with Crippen LogP contribution in [0.5, 0.6) is 0 Å². The van der Waals surface area contributed by atoms with Crippen LogP contribution in [0.3, 0.4) is 0 Å². The topological polar surface area (TPSA) is 97.2 Å². The van der Waals surface area contributed by atoms with Crippen LogP contribution in [0.1, 0.15) is 20.7 Å². The lowest BCUT2D eigenvalue weighted by Crippen LogP contribution is -2.42. The molecule has 1 fully saturated rings. The zero-order valence-electron chi connectivity index (χ0n) is 14.3. The highest BCUT2D eigenvalue weighted by molar-refractivity contribution is 7.88. The number of nitrogens with one attached hydrogen (secondary N) is 1. The molecule has 0 aromatic carbocycles. The van der Waals surface area contributed by atoms with Gasteiger partial charge in [-0.15, -0.1) is 5.73 Å². The van der Waals surface area contributed by atoms with Crippen molar-refractivity contribution in [2.24, 2.45) is 0 Å². The predicted molar refractivity (Wildman–Crippen MR) is 101 cm³/mol. The summed E-state index contributed by atoms with van der Waals surface area (Å²) in [5.41, 5.74) is 4.24. The van der Waals surface area contributed by atoms with Crippen LogP contribution < -0.4 is 10.9 Å². The fraction of sp³-hybridized carbons (Fsp3) is 0.412. The molecule has 3 heterocycles. The molecule has 0 saturated carbocycles. The highest BCUT2D eigenvalue weighted by atomic mass is 32.2. The van der Waals surface area contributed by atoms with E-state index >= 15 is 0 Å². The molecule has 0 bridgehead atoms. The van der Waals surface area contributed by atoms with Gasteiger partial charge < -0.3 is 5.32 Å². The lowest BCUT2D eigenvalue weighted by Gasteiger charge is -2.30. The molecule has 26 heavy (non-hydrogen) atoms. The van der Waals surface area contributed by atoms with Crippen LogP contribution in [0.2, 0.25) is 0 Å². The van der Waals surface area contributed by atoms with Gasteiger partial charge in [0.05, 0.1) is 12.0 Å². The van der Waals surface area contributed by atoms with Crippen molar-refractivity contribution < 1.29 is 9.84 Å². The smallest absolute Gasteiger partial charge is 0.257 e. The van der Waals surface area contributed by atoms with E-state index < -0.39 is 10.0 Å². The number of fused-ring (bicyclic) bond motifs is 1. The SMILES string of the molecule is CS(=O)(=O)N1CCC(Nc2ncc3ccc(=O)n(C4=C=CC4)c3n2)CC1.[HH]. The Balaban J connectivity index is 0.00000210. The van der Waals surface area contributed by atoms with E-state index in [0.29, 0.717) is 43.9 Å². The number of rotatable bonds is 4. The molecule has 1 N–H and O–H groups in total. The Bertz CT molecular complexity index is 1100. The molecule has 1 saturated heterocycles. The second kappa shape index (κ2) is 6.35. The third-order valence-corrected chi connectivity index (χ3v) is 6.03. The molecule has 0 amide bonds. The first-order valence-corrected chi connectivity index (χ1v) is 10.3. The molecule has 8 nitrogen and oxygen atoms in total. The summed E-state index contributed by atoms with van der Waals surface area (Å²) in [5.74, 6) is 0.443. The van der Waals surface area contributed by atoms with E-state index in [9.17, 15) is 13.2 Å². The van der Waals surface area contributed by atoms with Gasteiger partial charge in [0.1, 0.15) is 0 Å². The number of allylic oxidation sites excluding steroid dienone is 1. The summed E-state index contributed by atoms with van der Waals surface area (Å²) < 4.78 is 26.3. The summed E-state index contributed by atoms with van der Waals surface area (Å²) in [7, 11) is -3.14. The molecule has 2 aromatic rings. The van der Waals surface area contributed by atoms with Gasteiger partial charge >= 0.3 is 0 Å². The molecular weight excluding hydrogens is 354 g/mol. The van der Waals surface area contributed by atoms with Gasteiger partial charge in [0.25, 0.3) is 5.56 Å². The van der Waals surface area contributed by atoms with E-state index in [2.05, 4.69) is 21.0 Å². The Morgan fingerprint density at radius 2 is 2.04 bits per heavy atom. The number of sulfonamides is 1. The van der Waals surface area contributed by atoms with Crippen molar-refractivity contribution in [1.82, 2.24) is 18.8 Å². The molecule has 0 radical (unpaired) electrons. The third kappa shape index (κ3) is 3.16. The first-order chi connectivity index (χ1) is 12.4. The molecule has 138 valence electrons. The number of hydrogen-bond acceptors (Lipinski definition) is 6. The molecule has 0 atom stereocenters. The molecule has 0 spiro atoms. The Hall–Kier alpha value is -2.48. The maximum atomic E-state index is 12.2. The van der Waals surface area contributed by atoms with Gasteiger partial charge in [-0.3, -0.25) is 9.36 Å². The molecule has 1 aliphatic heterocycles. The highest BCUT2D eigenvalue weighted by Crippen LogP contribution is 2.21. The number of nitrogens with zero attached hydrogens (tertiary/aromatic N) is 4. The molecule has 4 rings (SSSR count). The van der Waals surface area contributed by atoms with Crippen LogP contribution in [-0.4, -0.2) is 52.6 Å². The van der Waals surface area contributed by atoms with Gasteiger partial charge in [0.15, 0.2) is 5.65 Å². The van der Waals surface area contributed by atoms with E-state index in [1.807, 2.05) is 6.08 Å². The van der Waals surface area contributed by atoms with Crippen molar-refractivity contribution >= 4 is 32.7 Å². The van der Waals surface area contributed by atoms with Crippen molar-refractivity contribution in [2.45, 2.75) is 25.3 Å². The molecule has 9 heteroatoms. The Morgan fingerprint density at radius 3 is 2.65 bits per heavy atom.